The molecule has 0 unspecified atom stereocenters. The zero-order chi connectivity index (χ0) is 16.4. The summed E-state index contributed by atoms with van der Waals surface area (Å²) < 4.78 is 10.7. The van der Waals surface area contributed by atoms with Gasteiger partial charge in [0.1, 0.15) is 10.6 Å². The van der Waals surface area contributed by atoms with E-state index in [-0.39, 0.29) is 5.91 Å². The van der Waals surface area contributed by atoms with Crippen LogP contribution in [0.1, 0.15) is 20.4 Å². The Hall–Kier alpha value is -2.67. The lowest BCUT2D eigenvalue weighted by Crippen LogP contribution is -2.11. The third-order valence-electron chi connectivity index (χ3n) is 3.27. The number of aromatic nitrogens is 2. The summed E-state index contributed by atoms with van der Waals surface area (Å²) in [5, 5.41) is 3.73. The number of benzene rings is 1. The van der Waals surface area contributed by atoms with E-state index in [1.54, 1.807) is 25.4 Å². The van der Waals surface area contributed by atoms with Gasteiger partial charge in [-0.15, -0.1) is 11.3 Å². The van der Waals surface area contributed by atoms with E-state index in [2.05, 4.69) is 15.3 Å². The van der Waals surface area contributed by atoms with Crippen LogP contribution in [0.25, 0.3) is 11.3 Å². The van der Waals surface area contributed by atoms with E-state index in [1.165, 1.54) is 17.7 Å². The van der Waals surface area contributed by atoms with Gasteiger partial charge in [-0.1, -0.05) is 0 Å². The number of aryl methyl sites for hydroxylation is 2. The molecule has 2 aromatic heterocycles. The molecule has 0 saturated heterocycles. The first kappa shape index (κ1) is 15.2. The van der Waals surface area contributed by atoms with Crippen LogP contribution in [0.4, 0.5) is 5.69 Å². The fourth-order valence-corrected chi connectivity index (χ4v) is 3.07. The first-order valence-corrected chi connectivity index (χ1v) is 7.72. The maximum Gasteiger partial charge on any atom is 0.267 e. The lowest BCUT2D eigenvalue weighted by atomic mass is 10.1. The summed E-state index contributed by atoms with van der Waals surface area (Å²) in [4.78, 5) is 21.1. The fourth-order valence-electron chi connectivity index (χ4n) is 2.25. The molecular weight excluding hydrogens is 314 g/mol. The van der Waals surface area contributed by atoms with Gasteiger partial charge in [-0.25, -0.2) is 9.97 Å². The molecule has 0 atom stereocenters. The van der Waals surface area contributed by atoms with Crippen LogP contribution in [0.15, 0.2) is 35.2 Å². The van der Waals surface area contributed by atoms with Crippen molar-refractivity contribution < 1.29 is 13.9 Å². The minimum absolute atomic E-state index is 0.178. The zero-order valence-corrected chi connectivity index (χ0v) is 13.7. The van der Waals surface area contributed by atoms with Crippen molar-refractivity contribution in [3.8, 4) is 17.1 Å². The predicted octanol–water partition coefficient (Wildman–Crippen LogP) is 3.68. The molecule has 1 amide bonds. The Morgan fingerprint density at radius 2 is 2.17 bits per heavy atom. The van der Waals surface area contributed by atoms with Gasteiger partial charge < -0.3 is 14.5 Å². The minimum atomic E-state index is -0.178. The maximum atomic E-state index is 12.4. The highest BCUT2D eigenvalue weighted by Gasteiger charge is 2.15. The number of hydrogen-bond acceptors (Lipinski definition) is 6. The third kappa shape index (κ3) is 3.09. The number of hydrogen-bond donors (Lipinski definition) is 1. The molecule has 1 aromatic carbocycles. The molecule has 6 nitrogen and oxygen atoms in total. The van der Waals surface area contributed by atoms with Crippen molar-refractivity contribution in [3.05, 3.63) is 46.4 Å². The Labute approximate surface area is 137 Å². The number of amides is 1. The number of oxazole rings is 1. The second kappa shape index (κ2) is 6.21. The van der Waals surface area contributed by atoms with Gasteiger partial charge in [0.25, 0.3) is 5.91 Å². The van der Waals surface area contributed by atoms with Crippen LogP contribution >= 0.6 is 11.3 Å². The van der Waals surface area contributed by atoms with E-state index in [4.69, 9.17) is 9.15 Å². The number of carbonyl (C=O) groups excluding carboxylic acids is 1. The van der Waals surface area contributed by atoms with Crippen molar-refractivity contribution in [2.24, 2.45) is 0 Å². The van der Waals surface area contributed by atoms with E-state index in [9.17, 15) is 4.79 Å². The van der Waals surface area contributed by atoms with Crippen LogP contribution in [0.2, 0.25) is 0 Å². The number of rotatable bonds is 4. The summed E-state index contributed by atoms with van der Waals surface area (Å²) in [6.07, 6.45) is 2.97. The average molecular weight is 329 g/mol. The molecule has 1 N–H and O–H groups in total. The largest absolute Gasteiger partial charge is 0.496 e. The zero-order valence-electron chi connectivity index (χ0n) is 12.9. The Balaban J connectivity index is 1.86. The molecule has 3 rings (SSSR count). The molecule has 118 valence electrons. The first-order chi connectivity index (χ1) is 11.1. The minimum Gasteiger partial charge on any atom is -0.496 e. The number of carbonyl (C=O) groups is 1. The van der Waals surface area contributed by atoms with Gasteiger partial charge in [0.05, 0.1) is 29.6 Å². The van der Waals surface area contributed by atoms with Gasteiger partial charge in [0.15, 0.2) is 12.2 Å². The smallest absolute Gasteiger partial charge is 0.267 e. The molecule has 0 spiro atoms. The second-order valence-electron chi connectivity index (χ2n) is 4.88. The Kier molecular flexibility index (Phi) is 4.12. The van der Waals surface area contributed by atoms with Gasteiger partial charge in [0, 0.05) is 11.8 Å². The summed E-state index contributed by atoms with van der Waals surface area (Å²) in [6, 6.07) is 5.36. The monoisotopic (exact) mass is 329 g/mol. The molecule has 0 aliphatic carbocycles. The number of thiazole rings is 1. The average Bonchev–Trinajstić information content (AvgIpc) is 3.16. The molecule has 0 radical (unpaired) electrons. The Morgan fingerprint density at radius 3 is 2.78 bits per heavy atom. The van der Waals surface area contributed by atoms with Gasteiger partial charge >= 0.3 is 0 Å². The predicted molar refractivity (Wildman–Crippen MR) is 88.0 cm³/mol. The first-order valence-electron chi connectivity index (χ1n) is 6.90. The van der Waals surface area contributed by atoms with Crippen LogP contribution in [-0.4, -0.2) is 23.0 Å². The van der Waals surface area contributed by atoms with E-state index >= 15 is 0 Å². The lowest BCUT2D eigenvalue weighted by Gasteiger charge is -2.10. The summed E-state index contributed by atoms with van der Waals surface area (Å²) in [5.41, 5.74) is 2.14. The highest BCUT2D eigenvalue weighted by Crippen LogP contribution is 2.32. The van der Waals surface area contributed by atoms with E-state index in [0.717, 1.165) is 16.3 Å². The van der Waals surface area contributed by atoms with Crippen LogP contribution in [0.5, 0.6) is 5.75 Å². The van der Waals surface area contributed by atoms with Crippen molar-refractivity contribution in [1.29, 1.82) is 0 Å². The summed E-state index contributed by atoms with van der Waals surface area (Å²) in [7, 11) is 1.57. The number of nitrogens with one attached hydrogen (secondary N) is 1. The lowest BCUT2D eigenvalue weighted by molar-refractivity contribution is 0.103. The molecule has 0 saturated carbocycles. The molecule has 0 aliphatic heterocycles. The van der Waals surface area contributed by atoms with Crippen molar-refractivity contribution in [2.45, 2.75) is 13.8 Å². The van der Waals surface area contributed by atoms with Crippen LogP contribution in [0, 0.1) is 13.8 Å². The molecule has 3 aromatic rings. The normalized spacial score (nSPS) is 10.6. The third-order valence-corrected chi connectivity index (χ3v) is 4.34. The molecular formula is C16H15N3O3S. The SMILES string of the molecule is COc1cc(NC(=O)c2sc(C)nc2C)ccc1-c1cnco1. The topological polar surface area (TPSA) is 77.2 Å². The summed E-state index contributed by atoms with van der Waals surface area (Å²) >= 11 is 1.38. The molecule has 23 heavy (non-hydrogen) atoms. The van der Waals surface area contributed by atoms with E-state index in [0.29, 0.717) is 22.1 Å². The molecule has 2 heterocycles. The second-order valence-corrected chi connectivity index (χ2v) is 6.09. The molecule has 0 bridgehead atoms. The number of ether oxygens (including phenoxy) is 1. The van der Waals surface area contributed by atoms with E-state index in [1.807, 2.05) is 19.9 Å². The van der Waals surface area contributed by atoms with Gasteiger partial charge in [-0.3, -0.25) is 4.79 Å². The summed E-state index contributed by atoms with van der Waals surface area (Å²) in [6.45, 7) is 3.70. The Morgan fingerprint density at radius 1 is 1.35 bits per heavy atom. The number of methoxy groups -OCH3 is 1. The quantitative estimate of drug-likeness (QED) is 0.790. The maximum absolute atomic E-state index is 12.4. The molecule has 0 fully saturated rings. The highest BCUT2D eigenvalue weighted by molar-refractivity contribution is 7.13. The van der Waals surface area contributed by atoms with Crippen LogP contribution in [-0.2, 0) is 0 Å². The fraction of sp³-hybridized carbons (Fsp3) is 0.188. The summed E-state index contributed by atoms with van der Waals surface area (Å²) in [5.74, 6) is 1.02. The van der Waals surface area contributed by atoms with Crippen molar-refractivity contribution in [2.75, 3.05) is 12.4 Å². The standard InChI is InChI=1S/C16H15N3O3S/c1-9-15(23-10(2)18-9)16(20)19-11-4-5-12(13(6-11)21-3)14-7-17-8-22-14/h4-8H,1-3H3,(H,19,20). The van der Waals surface area contributed by atoms with Crippen molar-refractivity contribution >= 4 is 22.9 Å². The number of anilines is 1. The van der Waals surface area contributed by atoms with Gasteiger partial charge in [-0.05, 0) is 26.0 Å². The van der Waals surface area contributed by atoms with Crippen LogP contribution in [0.3, 0.4) is 0 Å². The van der Waals surface area contributed by atoms with E-state index < -0.39 is 0 Å². The van der Waals surface area contributed by atoms with Gasteiger partial charge in [0.2, 0.25) is 0 Å². The Bertz CT molecular complexity index is 840. The van der Waals surface area contributed by atoms with Gasteiger partial charge in [-0.2, -0.15) is 0 Å². The molecule has 7 heteroatoms. The van der Waals surface area contributed by atoms with Crippen molar-refractivity contribution in [3.63, 3.8) is 0 Å². The molecule has 0 aliphatic rings. The highest BCUT2D eigenvalue weighted by atomic mass is 32.1. The van der Waals surface area contributed by atoms with Crippen LogP contribution < -0.4 is 10.1 Å². The number of nitrogens with zero attached hydrogens (tertiary/aromatic N) is 2. The van der Waals surface area contributed by atoms with Crippen molar-refractivity contribution in [1.82, 2.24) is 9.97 Å².